The average molecular weight is 187 g/mol. The molecule has 1 aliphatic heterocycles. The van der Waals surface area contributed by atoms with Crippen molar-refractivity contribution in [2.45, 2.75) is 31.9 Å². The molecule has 0 saturated carbocycles. The molecule has 5 heteroatoms. The third kappa shape index (κ3) is 2.69. The van der Waals surface area contributed by atoms with Gasteiger partial charge in [-0.05, 0) is 19.8 Å². The molecule has 0 bridgehead atoms. The van der Waals surface area contributed by atoms with Gasteiger partial charge in [0.15, 0.2) is 0 Å². The molecule has 2 N–H and O–H groups in total. The summed E-state index contributed by atoms with van der Waals surface area (Å²) < 4.78 is 5.29. The first kappa shape index (κ1) is 9.98. The van der Waals surface area contributed by atoms with E-state index < -0.39 is 11.9 Å². The van der Waals surface area contributed by atoms with Crippen molar-refractivity contribution in [3.8, 4) is 0 Å². The van der Waals surface area contributed by atoms with Gasteiger partial charge in [0.1, 0.15) is 0 Å². The number of carboxylic acid groups (broad SMARTS) is 1. The summed E-state index contributed by atoms with van der Waals surface area (Å²) in [6.45, 7) is 2.44. The summed E-state index contributed by atoms with van der Waals surface area (Å²) in [4.78, 5) is 20.9. The minimum Gasteiger partial charge on any atom is -0.474 e. The van der Waals surface area contributed by atoms with Gasteiger partial charge in [0.2, 0.25) is 0 Å². The predicted octanol–water partition coefficient (Wildman–Crippen LogP) is -0.245. The summed E-state index contributed by atoms with van der Waals surface area (Å²) >= 11 is 0. The van der Waals surface area contributed by atoms with Crippen LogP contribution >= 0.6 is 0 Å². The minimum absolute atomic E-state index is 0.0386. The molecule has 0 radical (unpaired) electrons. The Labute approximate surface area is 76.1 Å². The van der Waals surface area contributed by atoms with Crippen LogP contribution in [0.15, 0.2) is 0 Å². The fourth-order valence-electron chi connectivity index (χ4n) is 1.36. The largest absolute Gasteiger partial charge is 0.474 e. The molecule has 2 unspecified atom stereocenters. The molecule has 5 nitrogen and oxygen atoms in total. The average Bonchev–Trinajstić information content (AvgIpc) is 2.55. The zero-order chi connectivity index (χ0) is 9.84. The van der Waals surface area contributed by atoms with Crippen LogP contribution in [0.1, 0.15) is 19.8 Å². The lowest BCUT2D eigenvalue weighted by atomic mass is 10.1. The van der Waals surface area contributed by atoms with Crippen molar-refractivity contribution in [1.29, 1.82) is 0 Å². The van der Waals surface area contributed by atoms with Gasteiger partial charge in [-0.3, -0.25) is 4.79 Å². The molecule has 2 atom stereocenters. The quantitative estimate of drug-likeness (QED) is 0.585. The van der Waals surface area contributed by atoms with Gasteiger partial charge in [-0.25, -0.2) is 4.79 Å². The van der Waals surface area contributed by atoms with Crippen LogP contribution in [-0.4, -0.2) is 35.7 Å². The van der Waals surface area contributed by atoms with Gasteiger partial charge in [0.25, 0.3) is 0 Å². The van der Waals surface area contributed by atoms with Gasteiger partial charge in [-0.1, -0.05) is 0 Å². The molecule has 1 saturated heterocycles. The summed E-state index contributed by atoms with van der Waals surface area (Å²) in [6, 6.07) is -0.230. The fraction of sp³-hybridized carbons (Fsp3) is 0.750. The third-order valence-electron chi connectivity index (χ3n) is 2.08. The normalized spacial score (nSPS) is 23.9. The highest BCUT2D eigenvalue weighted by atomic mass is 16.5. The van der Waals surface area contributed by atoms with Crippen LogP contribution in [0.2, 0.25) is 0 Å². The van der Waals surface area contributed by atoms with Crippen LogP contribution in [0, 0.1) is 0 Å². The number of carbonyl (C=O) groups is 2. The molecular formula is C8H13NO4. The van der Waals surface area contributed by atoms with Crippen LogP contribution in [-0.2, 0) is 14.3 Å². The number of nitrogens with one attached hydrogen (secondary N) is 1. The smallest absolute Gasteiger partial charge is 0.394 e. The number of amides is 1. The molecule has 0 aromatic heterocycles. The number of carbonyl (C=O) groups excluding carboxylic acids is 1. The maximum Gasteiger partial charge on any atom is 0.394 e. The Morgan fingerprint density at radius 3 is 2.77 bits per heavy atom. The van der Waals surface area contributed by atoms with Gasteiger partial charge in [0.05, 0.1) is 12.1 Å². The van der Waals surface area contributed by atoms with Crippen molar-refractivity contribution in [2.24, 2.45) is 0 Å². The maximum absolute atomic E-state index is 10.7. The molecule has 1 heterocycles. The van der Waals surface area contributed by atoms with Gasteiger partial charge in [0, 0.05) is 6.61 Å². The molecule has 1 amide bonds. The lowest BCUT2D eigenvalue weighted by Crippen LogP contribution is -2.43. The van der Waals surface area contributed by atoms with Crippen molar-refractivity contribution < 1.29 is 19.4 Å². The number of ether oxygens (including phenoxy) is 1. The highest BCUT2D eigenvalue weighted by molar-refractivity contribution is 6.31. The number of carboxylic acids is 1. The summed E-state index contributed by atoms with van der Waals surface area (Å²) in [6.07, 6.45) is 1.81. The molecule has 0 aromatic carbocycles. The standard InChI is InChI=1S/C8H13NO4/c1-5(6-3-2-4-13-6)9-7(10)8(11)12/h5-6H,2-4H2,1H3,(H,9,10)(H,11,12). The zero-order valence-corrected chi connectivity index (χ0v) is 7.45. The number of aliphatic carboxylic acids is 1. The molecule has 1 aliphatic rings. The summed E-state index contributed by atoms with van der Waals surface area (Å²) in [5, 5.41) is 10.7. The Morgan fingerprint density at radius 1 is 1.62 bits per heavy atom. The summed E-state index contributed by atoms with van der Waals surface area (Å²) in [5.41, 5.74) is 0. The van der Waals surface area contributed by atoms with Crippen molar-refractivity contribution >= 4 is 11.9 Å². The van der Waals surface area contributed by atoms with E-state index in [1.807, 2.05) is 0 Å². The number of hydrogen-bond donors (Lipinski definition) is 2. The van der Waals surface area contributed by atoms with E-state index in [1.54, 1.807) is 6.92 Å². The fourth-order valence-corrected chi connectivity index (χ4v) is 1.36. The topological polar surface area (TPSA) is 75.6 Å². The predicted molar refractivity (Wildman–Crippen MR) is 44.2 cm³/mol. The SMILES string of the molecule is CC(NC(=O)C(=O)O)C1CCCO1. The number of hydrogen-bond acceptors (Lipinski definition) is 3. The second-order valence-electron chi connectivity index (χ2n) is 3.12. The highest BCUT2D eigenvalue weighted by Gasteiger charge is 2.25. The van der Waals surface area contributed by atoms with Crippen molar-refractivity contribution in [3.63, 3.8) is 0 Å². The Hall–Kier alpha value is -1.10. The molecule has 1 fully saturated rings. The molecule has 0 spiro atoms. The van der Waals surface area contributed by atoms with E-state index in [0.29, 0.717) is 6.61 Å². The summed E-state index contributed by atoms with van der Waals surface area (Å²) in [7, 11) is 0. The minimum atomic E-state index is -1.45. The first-order valence-corrected chi connectivity index (χ1v) is 4.26. The van der Waals surface area contributed by atoms with E-state index in [2.05, 4.69) is 5.32 Å². The Morgan fingerprint density at radius 2 is 2.31 bits per heavy atom. The second kappa shape index (κ2) is 4.23. The van der Waals surface area contributed by atoms with E-state index in [0.717, 1.165) is 12.8 Å². The van der Waals surface area contributed by atoms with Gasteiger partial charge in [-0.15, -0.1) is 0 Å². The first-order chi connectivity index (χ1) is 6.11. The van der Waals surface area contributed by atoms with E-state index in [1.165, 1.54) is 0 Å². The first-order valence-electron chi connectivity index (χ1n) is 4.26. The van der Waals surface area contributed by atoms with Crippen LogP contribution in [0.25, 0.3) is 0 Å². The van der Waals surface area contributed by atoms with Crippen LogP contribution < -0.4 is 5.32 Å². The van der Waals surface area contributed by atoms with Crippen molar-refractivity contribution in [2.75, 3.05) is 6.61 Å². The van der Waals surface area contributed by atoms with Crippen LogP contribution in [0.4, 0.5) is 0 Å². The Bertz CT molecular complexity index is 210. The van der Waals surface area contributed by atoms with E-state index in [-0.39, 0.29) is 12.1 Å². The molecule has 13 heavy (non-hydrogen) atoms. The molecule has 1 rings (SSSR count). The second-order valence-corrected chi connectivity index (χ2v) is 3.12. The lowest BCUT2D eigenvalue weighted by Gasteiger charge is -2.18. The highest BCUT2D eigenvalue weighted by Crippen LogP contribution is 2.15. The molecule has 0 aromatic rings. The van der Waals surface area contributed by atoms with E-state index in [9.17, 15) is 9.59 Å². The van der Waals surface area contributed by atoms with Gasteiger partial charge < -0.3 is 15.2 Å². The van der Waals surface area contributed by atoms with Gasteiger partial charge >= 0.3 is 11.9 Å². The lowest BCUT2D eigenvalue weighted by molar-refractivity contribution is -0.150. The molecule has 0 aliphatic carbocycles. The van der Waals surface area contributed by atoms with Gasteiger partial charge in [-0.2, -0.15) is 0 Å². The Kier molecular flexibility index (Phi) is 3.25. The van der Waals surface area contributed by atoms with E-state index in [4.69, 9.17) is 9.84 Å². The summed E-state index contributed by atoms with van der Waals surface area (Å²) in [5.74, 6) is -2.42. The van der Waals surface area contributed by atoms with Crippen LogP contribution in [0.5, 0.6) is 0 Å². The Balaban J connectivity index is 2.35. The third-order valence-corrected chi connectivity index (χ3v) is 2.08. The van der Waals surface area contributed by atoms with Crippen LogP contribution in [0.3, 0.4) is 0 Å². The van der Waals surface area contributed by atoms with Crippen molar-refractivity contribution in [3.05, 3.63) is 0 Å². The van der Waals surface area contributed by atoms with E-state index >= 15 is 0 Å². The molecular weight excluding hydrogens is 174 g/mol. The monoisotopic (exact) mass is 187 g/mol. The molecule has 74 valence electrons. The number of rotatable bonds is 2. The zero-order valence-electron chi connectivity index (χ0n) is 7.45. The maximum atomic E-state index is 10.7. The van der Waals surface area contributed by atoms with Crippen molar-refractivity contribution in [1.82, 2.24) is 5.32 Å².